The van der Waals surface area contributed by atoms with Crippen molar-refractivity contribution in [1.29, 1.82) is 0 Å². The number of hydrogen-bond donors (Lipinski definition) is 2. The van der Waals surface area contributed by atoms with E-state index >= 15 is 0 Å². The highest BCUT2D eigenvalue weighted by Crippen LogP contribution is 2.25. The molecule has 0 spiro atoms. The molecule has 1 aromatic carbocycles. The lowest BCUT2D eigenvalue weighted by atomic mass is 9.97. The Labute approximate surface area is 108 Å². The maximum absolute atomic E-state index is 4.61. The molecule has 3 nitrogen and oxygen atoms in total. The van der Waals surface area contributed by atoms with Crippen LogP contribution in [0.1, 0.15) is 39.0 Å². The Morgan fingerprint density at radius 1 is 1.17 bits per heavy atom. The number of rotatable bonds is 2. The summed E-state index contributed by atoms with van der Waals surface area (Å²) in [5.41, 5.74) is 2.16. The fourth-order valence-corrected chi connectivity index (χ4v) is 2.90. The average Bonchev–Trinajstić information content (AvgIpc) is 2.68. The van der Waals surface area contributed by atoms with Gasteiger partial charge in [-0.2, -0.15) is 0 Å². The van der Waals surface area contributed by atoms with Crippen LogP contribution in [-0.2, 0) is 0 Å². The van der Waals surface area contributed by atoms with Crippen LogP contribution >= 0.6 is 0 Å². The van der Waals surface area contributed by atoms with Crippen LogP contribution in [0, 0.1) is 5.92 Å². The quantitative estimate of drug-likeness (QED) is 0.784. The molecule has 2 unspecified atom stereocenters. The molecule has 1 aromatic heterocycles. The minimum absolute atomic E-state index is 0.563. The van der Waals surface area contributed by atoms with Crippen molar-refractivity contribution in [2.24, 2.45) is 5.92 Å². The van der Waals surface area contributed by atoms with Crippen LogP contribution in [0.15, 0.2) is 24.3 Å². The van der Waals surface area contributed by atoms with Crippen molar-refractivity contribution in [3.63, 3.8) is 0 Å². The van der Waals surface area contributed by atoms with Gasteiger partial charge in [0.05, 0.1) is 11.0 Å². The molecular formula is C15H21N3. The summed E-state index contributed by atoms with van der Waals surface area (Å²) < 4.78 is 0. The van der Waals surface area contributed by atoms with Crippen molar-refractivity contribution in [1.82, 2.24) is 9.97 Å². The normalized spacial score (nSPS) is 24.9. The lowest BCUT2D eigenvalue weighted by Gasteiger charge is -2.22. The van der Waals surface area contributed by atoms with Gasteiger partial charge in [0, 0.05) is 6.04 Å². The standard InChI is InChI=1S/C15H21N3/c1-11-7-3-2-4-8-12(11)16-15-17-13-9-5-6-10-14(13)18-15/h5-6,9-12H,2-4,7-8H2,1H3,(H2,16,17,18). The lowest BCUT2D eigenvalue weighted by molar-refractivity contribution is 0.455. The molecule has 0 saturated heterocycles. The zero-order valence-electron chi connectivity index (χ0n) is 10.9. The van der Waals surface area contributed by atoms with Gasteiger partial charge in [-0.05, 0) is 30.9 Å². The fourth-order valence-electron chi connectivity index (χ4n) is 2.90. The Morgan fingerprint density at radius 2 is 2.00 bits per heavy atom. The first kappa shape index (κ1) is 11.6. The number of fused-ring (bicyclic) bond motifs is 1. The van der Waals surface area contributed by atoms with Gasteiger partial charge >= 0.3 is 0 Å². The molecule has 1 saturated carbocycles. The molecule has 0 radical (unpaired) electrons. The van der Waals surface area contributed by atoms with Gasteiger partial charge in [-0.25, -0.2) is 4.98 Å². The second kappa shape index (κ2) is 5.01. The van der Waals surface area contributed by atoms with E-state index < -0.39 is 0 Å². The minimum Gasteiger partial charge on any atom is -0.353 e. The fraction of sp³-hybridized carbons (Fsp3) is 0.533. The number of aromatic nitrogens is 2. The van der Waals surface area contributed by atoms with Gasteiger partial charge in [0.25, 0.3) is 0 Å². The first-order chi connectivity index (χ1) is 8.83. The van der Waals surface area contributed by atoms with Crippen molar-refractivity contribution >= 4 is 17.0 Å². The number of nitrogens with zero attached hydrogens (tertiary/aromatic N) is 1. The maximum atomic E-state index is 4.61. The highest BCUT2D eigenvalue weighted by Gasteiger charge is 2.20. The van der Waals surface area contributed by atoms with Crippen molar-refractivity contribution < 1.29 is 0 Å². The van der Waals surface area contributed by atoms with Crippen molar-refractivity contribution in [3.8, 4) is 0 Å². The summed E-state index contributed by atoms with van der Waals surface area (Å²) in [4.78, 5) is 7.97. The van der Waals surface area contributed by atoms with Gasteiger partial charge in [0.1, 0.15) is 0 Å². The van der Waals surface area contributed by atoms with Gasteiger partial charge in [-0.3, -0.25) is 0 Å². The van der Waals surface area contributed by atoms with Crippen LogP contribution < -0.4 is 5.32 Å². The van der Waals surface area contributed by atoms with E-state index in [1.807, 2.05) is 18.2 Å². The molecular weight excluding hydrogens is 222 g/mol. The summed E-state index contributed by atoms with van der Waals surface area (Å²) in [6, 6.07) is 8.75. The Hall–Kier alpha value is -1.51. The molecule has 0 aliphatic heterocycles. The van der Waals surface area contributed by atoms with E-state index in [0.29, 0.717) is 6.04 Å². The summed E-state index contributed by atoms with van der Waals surface area (Å²) in [6.07, 6.45) is 6.68. The first-order valence-corrected chi connectivity index (χ1v) is 7.04. The van der Waals surface area contributed by atoms with E-state index in [0.717, 1.165) is 22.9 Å². The first-order valence-electron chi connectivity index (χ1n) is 7.04. The Kier molecular flexibility index (Phi) is 3.22. The topological polar surface area (TPSA) is 40.7 Å². The second-order valence-electron chi connectivity index (χ2n) is 5.47. The zero-order chi connectivity index (χ0) is 12.4. The van der Waals surface area contributed by atoms with Gasteiger partial charge in [-0.15, -0.1) is 0 Å². The molecule has 0 bridgehead atoms. The molecule has 0 amide bonds. The van der Waals surface area contributed by atoms with Crippen LogP contribution in [0.2, 0.25) is 0 Å². The van der Waals surface area contributed by atoms with Crippen LogP contribution in [-0.4, -0.2) is 16.0 Å². The minimum atomic E-state index is 0.563. The Bertz CT molecular complexity index is 484. The lowest BCUT2D eigenvalue weighted by Crippen LogP contribution is -2.26. The smallest absolute Gasteiger partial charge is 0.201 e. The highest BCUT2D eigenvalue weighted by atomic mass is 15.1. The largest absolute Gasteiger partial charge is 0.353 e. The molecule has 1 heterocycles. The van der Waals surface area contributed by atoms with Crippen molar-refractivity contribution in [2.45, 2.75) is 45.1 Å². The third-order valence-corrected chi connectivity index (χ3v) is 4.07. The zero-order valence-corrected chi connectivity index (χ0v) is 10.9. The van der Waals surface area contributed by atoms with Crippen LogP contribution in [0.4, 0.5) is 5.95 Å². The van der Waals surface area contributed by atoms with Crippen molar-refractivity contribution in [2.75, 3.05) is 5.32 Å². The van der Waals surface area contributed by atoms with Crippen LogP contribution in [0.25, 0.3) is 11.0 Å². The molecule has 3 heteroatoms. The molecule has 2 aromatic rings. The molecule has 1 fully saturated rings. The predicted molar refractivity (Wildman–Crippen MR) is 75.8 cm³/mol. The third kappa shape index (κ3) is 2.35. The summed E-state index contributed by atoms with van der Waals surface area (Å²) in [7, 11) is 0. The SMILES string of the molecule is CC1CCCCCC1Nc1nc2ccccc2[nH]1. The van der Waals surface area contributed by atoms with E-state index in [9.17, 15) is 0 Å². The summed E-state index contributed by atoms with van der Waals surface area (Å²) in [6.45, 7) is 2.35. The monoisotopic (exact) mass is 243 g/mol. The average molecular weight is 243 g/mol. The molecule has 2 atom stereocenters. The van der Waals surface area contributed by atoms with Crippen LogP contribution in [0.3, 0.4) is 0 Å². The number of anilines is 1. The van der Waals surface area contributed by atoms with Gasteiger partial charge in [-0.1, -0.05) is 38.3 Å². The number of benzene rings is 1. The predicted octanol–water partition coefficient (Wildman–Crippen LogP) is 3.94. The molecule has 1 aliphatic rings. The van der Waals surface area contributed by atoms with Gasteiger partial charge in [0.2, 0.25) is 5.95 Å². The summed E-state index contributed by atoms with van der Waals surface area (Å²) in [5.74, 6) is 1.66. The summed E-state index contributed by atoms with van der Waals surface area (Å²) >= 11 is 0. The van der Waals surface area contributed by atoms with Crippen LogP contribution in [0.5, 0.6) is 0 Å². The Morgan fingerprint density at radius 3 is 2.89 bits per heavy atom. The second-order valence-corrected chi connectivity index (χ2v) is 5.47. The number of hydrogen-bond acceptors (Lipinski definition) is 2. The number of nitrogens with one attached hydrogen (secondary N) is 2. The maximum Gasteiger partial charge on any atom is 0.201 e. The molecule has 3 rings (SSSR count). The molecule has 1 aliphatic carbocycles. The van der Waals surface area contributed by atoms with E-state index in [1.165, 1.54) is 32.1 Å². The highest BCUT2D eigenvalue weighted by molar-refractivity contribution is 5.77. The molecule has 96 valence electrons. The number of para-hydroxylation sites is 2. The molecule has 2 N–H and O–H groups in total. The Balaban J connectivity index is 1.78. The van der Waals surface area contributed by atoms with E-state index in [4.69, 9.17) is 0 Å². The molecule has 18 heavy (non-hydrogen) atoms. The number of H-pyrrole nitrogens is 1. The van der Waals surface area contributed by atoms with E-state index in [2.05, 4.69) is 28.3 Å². The van der Waals surface area contributed by atoms with E-state index in [-0.39, 0.29) is 0 Å². The van der Waals surface area contributed by atoms with Crippen molar-refractivity contribution in [3.05, 3.63) is 24.3 Å². The summed E-state index contributed by atoms with van der Waals surface area (Å²) in [5, 5.41) is 3.59. The van der Waals surface area contributed by atoms with E-state index in [1.54, 1.807) is 0 Å². The third-order valence-electron chi connectivity index (χ3n) is 4.07. The number of aromatic amines is 1. The van der Waals surface area contributed by atoms with Gasteiger partial charge in [0.15, 0.2) is 0 Å². The van der Waals surface area contributed by atoms with Gasteiger partial charge < -0.3 is 10.3 Å². The number of imidazole rings is 1.